The van der Waals surface area contributed by atoms with Crippen LogP contribution in [0.25, 0.3) is 0 Å². The molecule has 0 aromatic heterocycles. The topological polar surface area (TPSA) is 125 Å². The van der Waals surface area contributed by atoms with Crippen LogP contribution in [0.2, 0.25) is 0 Å². The highest BCUT2D eigenvalue weighted by molar-refractivity contribution is 5.83. The lowest BCUT2D eigenvalue weighted by Crippen LogP contribution is -2.46. The van der Waals surface area contributed by atoms with E-state index in [4.69, 9.17) is 16.2 Å². The van der Waals surface area contributed by atoms with E-state index >= 15 is 0 Å². The van der Waals surface area contributed by atoms with Gasteiger partial charge in [0.2, 0.25) is 11.8 Å². The van der Waals surface area contributed by atoms with Crippen molar-refractivity contribution in [3.05, 3.63) is 35.9 Å². The molecule has 0 aliphatic carbocycles. The van der Waals surface area contributed by atoms with Crippen LogP contribution in [0.4, 0.5) is 0 Å². The fourth-order valence-electron chi connectivity index (χ4n) is 4.24. The van der Waals surface area contributed by atoms with E-state index in [1.807, 2.05) is 30.3 Å². The van der Waals surface area contributed by atoms with Gasteiger partial charge in [0.1, 0.15) is 6.61 Å². The van der Waals surface area contributed by atoms with E-state index < -0.39 is 11.9 Å². The maximum absolute atomic E-state index is 12.5. The highest BCUT2D eigenvalue weighted by Gasteiger charge is 2.20. The lowest BCUT2D eigenvalue weighted by Gasteiger charge is -2.20. The van der Waals surface area contributed by atoms with Crippen LogP contribution in [0, 0.1) is 0 Å². The number of hydrogen-bond donors (Lipinski definition) is 3. The molecular weight excluding hydrogens is 454 g/mol. The summed E-state index contributed by atoms with van der Waals surface area (Å²) in [4.78, 5) is 35.9. The molecule has 2 atom stereocenters. The Balaban J connectivity index is 2.18. The lowest BCUT2D eigenvalue weighted by molar-refractivity contribution is -0.145. The van der Waals surface area contributed by atoms with Crippen LogP contribution in [0.1, 0.15) is 115 Å². The fourth-order valence-corrected chi connectivity index (χ4v) is 4.24. The van der Waals surface area contributed by atoms with Gasteiger partial charge in [-0.05, 0) is 24.8 Å². The average molecular weight is 504 g/mol. The van der Waals surface area contributed by atoms with Crippen molar-refractivity contribution in [3.8, 4) is 0 Å². The molecule has 0 aliphatic heterocycles. The highest BCUT2D eigenvalue weighted by atomic mass is 16.5. The Labute approximate surface area is 218 Å². The summed E-state index contributed by atoms with van der Waals surface area (Å²) in [5.74, 6) is -1.05. The monoisotopic (exact) mass is 503 g/mol. The molecule has 1 rings (SSSR count). The van der Waals surface area contributed by atoms with Crippen molar-refractivity contribution in [2.75, 3.05) is 0 Å². The molecule has 0 spiro atoms. The standard InChI is InChI=1S/C29H49N3O4/c1-2-3-4-5-6-7-8-9-10-11-15-19-25(22-27(31)33)32-29(35)26(30)20-16-21-28(34)36-23-24-17-13-12-14-18-24/h12-14,17-18,25-26H,2-11,15-16,19-23,30H2,1H3,(H2,31,33)(H,32,35)/t25-,26-/m0/s1. The van der Waals surface area contributed by atoms with Gasteiger partial charge in [0.15, 0.2) is 0 Å². The van der Waals surface area contributed by atoms with Crippen molar-refractivity contribution < 1.29 is 19.1 Å². The van der Waals surface area contributed by atoms with E-state index in [1.165, 1.54) is 57.8 Å². The largest absolute Gasteiger partial charge is 0.461 e. The number of esters is 1. The minimum atomic E-state index is -0.736. The quantitative estimate of drug-likeness (QED) is 0.146. The van der Waals surface area contributed by atoms with E-state index in [1.54, 1.807) is 0 Å². The average Bonchev–Trinajstić information content (AvgIpc) is 2.86. The summed E-state index contributed by atoms with van der Waals surface area (Å²) in [6, 6.07) is 8.45. The summed E-state index contributed by atoms with van der Waals surface area (Å²) in [7, 11) is 0. The molecule has 1 aromatic rings. The summed E-state index contributed by atoms with van der Waals surface area (Å²) in [6.07, 6.45) is 15.6. The molecule has 0 saturated heterocycles. The molecule has 5 N–H and O–H groups in total. The van der Waals surface area contributed by atoms with Crippen LogP contribution in [0.5, 0.6) is 0 Å². The molecule has 1 aromatic carbocycles. The first-order valence-corrected chi connectivity index (χ1v) is 14.0. The predicted octanol–water partition coefficient (Wildman–Crippen LogP) is 5.29. The lowest BCUT2D eigenvalue weighted by atomic mass is 10.0. The number of ether oxygens (including phenoxy) is 1. The minimum absolute atomic E-state index is 0.113. The highest BCUT2D eigenvalue weighted by Crippen LogP contribution is 2.14. The molecule has 36 heavy (non-hydrogen) atoms. The summed E-state index contributed by atoms with van der Waals surface area (Å²) < 4.78 is 5.25. The molecule has 0 unspecified atom stereocenters. The van der Waals surface area contributed by atoms with Crippen molar-refractivity contribution in [2.24, 2.45) is 11.5 Å². The Morgan fingerprint density at radius 1 is 0.833 bits per heavy atom. The van der Waals surface area contributed by atoms with Crippen LogP contribution >= 0.6 is 0 Å². The van der Waals surface area contributed by atoms with Crippen LogP contribution < -0.4 is 16.8 Å². The third-order valence-electron chi connectivity index (χ3n) is 6.43. The van der Waals surface area contributed by atoms with Gasteiger partial charge < -0.3 is 21.5 Å². The van der Waals surface area contributed by atoms with Crippen molar-refractivity contribution in [3.63, 3.8) is 0 Å². The third-order valence-corrected chi connectivity index (χ3v) is 6.43. The second kappa shape index (κ2) is 20.7. The number of nitrogens with two attached hydrogens (primary N) is 2. The molecule has 7 nitrogen and oxygen atoms in total. The van der Waals surface area contributed by atoms with Crippen LogP contribution in [-0.2, 0) is 25.7 Å². The number of hydrogen-bond acceptors (Lipinski definition) is 5. The first kappa shape index (κ1) is 31.6. The SMILES string of the molecule is CCCCCCCCCCCCC[C@@H](CC(N)=O)NC(=O)[C@@H](N)CCCC(=O)OCc1ccccc1. The number of carbonyl (C=O) groups is 3. The number of benzene rings is 1. The van der Waals surface area contributed by atoms with Crippen molar-refractivity contribution in [1.29, 1.82) is 0 Å². The normalized spacial score (nSPS) is 12.6. The maximum atomic E-state index is 12.5. The Morgan fingerprint density at radius 3 is 2.00 bits per heavy atom. The number of carbonyl (C=O) groups excluding carboxylic acids is 3. The van der Waals surface area contributed by atoms with Gasteiger partial charge in [-0.25, -0.2) is 0 Å². The number of amides is 2. The van der Waals surface area contributed by atoms with Gasteiger partial charge in [-0.2, -0.15) is 0 Å². The van der Waals surface area contributed by atoms with Gasteiger partial charge in [-0.3, -0.25) is 14.4 Å². The van der Waals surface area contributed by atoms with Gasteiger partial charge in [0.25, 0.3) is 0 Å². The van der Waals surface area contributed by atoms with Crippen LogP contribution in [0.15, 0.2) is 30.3 Å². The zero-order valence-corrected chi connectivity index (χ0v) is 22.3. The first-order valence-electron chi connectivity index (χ1n) is 14.0. The van der Waals surface area contributed by atoms with Crippen molar-refractivity contribution >= 4 is 17.8 Å². The molecule has 0 fully saturated rings. The van der Waals surface area contributed by atoms with E-state index in [0.717, 1.165) is 18.4 Å². The number of nitrogens with one attached hydrogen (secondary N) is 1. The molecule has 0 saturated carbocycles. The summed E-state index contributed by atoms with van der Waals surface area (Å²) >= 11 is 0. The fraction of sp³-hybridized carbons (Fsp3) is 0.690. The second-order valence-corrected chi connectivity index (χ2v) is 9.85. The number of rotatable bonds is 22. The Kier molecular flexibility index (Phi) is 18.2. The van der Waals surface area contributed by atoms with E-state index in [9.17, 15) is 14.4 Å². The zero-order valence-electron chi connectivity index (χ0n) is 22.3. The molecule has 0 heterocycles. The Morgan fingerprint density at radius 2 is 1.42 bits per heavy atom. The molecule has 2 amide bonds. The third kappa shape index (κ3) is 17.1. The molecule has 204 valence electrons. The first-order chi connectivity index (χ1) is 17.4. The maximum Gasteiger partial charge on any atom is 0.306 e. The predicted molar refractivity (Wildman–Crippen MR) is 145 cm³/mol. The second-order valence-electron chi connectivity index (χ2n) is 9.85. The summed E-state index contributed by atoms with van der Waals surface area (Å²) in [5.41, 5.74) is 12.3. The summed E-state index contributed by atoms with van der Waals surface area (Å²) in [6.45, 7) is 2.48. The Bertz CT molecular complexity index is 726. The van der Waals surface area contributed by atoms with E-state index in [0.29, 0.717) is 19.3 Å². The molecule has 7 heteroatoms. The molecule has 0 bridgehead atoms. The van der Waals surface area contributed by atoms with Crippen molar-refractivity contribution in [1.82, 2.24) is 5.32 Å². The van der Waals surface area contributed by atoms with Gasteiger partial charge in [-0.1, -0.05) is 108 Å². The van der Waals surface area contributed by atoms with Crippen LogP contribution in [0.3, 0.4) is 0 Å². The smallest absolute Gasteiger partial charge is 0.306 e. The molecule has 0 aliphatic rings. The number of primary amides is 1. The van der Waals surface area contributed by atoms with Crippen molar-refractivity contribution in [2.45, 2.75) is 128 Å². The van der Waals surface area contributed by atoms with Gasteiger partial charge in [-0.15, -0.1) is 0 Å². The Hall–Kier alpha value is -2.41. The van der Waals surface area contributed by atoms with E-state index in [-0.39, 0.29) is 37.4 Å². The minimum Gasteiger partial charge on any atom is -0.461 e. The molecular formula is C29H49N3O4. The van der Waals surface area contributed by atoms with Crippen LogP contribution in [-0.4, -0.2) is 29.9 Å². The number of unbranched alkanes of at least 4 members (excludes halogenated alkanes) is 10. The zero-order chi connectivity index (χ0) is 26.4. The van der Waals surface area contributed by atoms with Gasteiger partial charge in [0.05, 0.1) is 6.04 Å². The summed E-state index contributed by atoms with van der Waals surface area (Å²) in [5, 5.41) is 2.89. The molecule has 0 radical (unpaired) electrons. The van der Waals surface area contributed by atoms with Gasteiger partial charge in [0, 0.05) is 18.9 Å². The van der Waals surface area contributed by atoms with Gasteiger partial charge >= 0.3 is 5.97 Å². The van der Waals surface area contributed by atoms with E-state index in [2.05, 4.69) is 12.2 Å².